The summed E-state index contributed by atoms with van der Waals surface area (Å²) in [4.78, 5) is 2.15. The Balaban J connectivity index is 2.15. The molecule has 0 fully saturated rings. The normalized spacial score (nSPS) is 10.5. The van der Waals surface area contributed by atoms with E-state index < -0.39 is 0 Å². The monoisotopic (exact) mass is 277 g/mol. The molecule has 0 atom stereocenters. The van der Waals surface area contributed by atoms with E-state index in [1.54, 1.807) is 0 Å². The maximum absolute atomic E-state index is 12.9. The molecule has 0 unspecified atom stereocenters. The van der Waals surface area contributed by atoms with Crippen molar-refractivity contribution in [2.75, 3.05) is 11.9 Å². The Bertz CT molecular complexity index is 551. The van der Waals surface area contributed by atoms with E-state index in [0.29, 0.717) is 5.88 Å². The number of aryl methyl sites for hydroxylation is 1. The van der Waals surface area contributed by atoms with Gasteiger partial charge in [0.15, 0.2) is 0 Å². The van der Waals surface area contributed by atoms with Crippen molar-refractivity contribution in [3.8, 4) is 0 Å². The molecule has 0 radical (unpaired) electrons. The first-order chi connectivity index (χ1) is 9.10. The summed E-state index contributed by atoms with van der Waals surface area (Å²) in [6.07, 6.45) is 0. The van der Waals surface area contributed by atoms with Crippen molar-refractivity contribution in [3.05, 3.63) is 65.0 Å². The lowest BCUT2D eigenvalue weighted by Crippen LogP contribution is -2.17. The molecule has 0 N–H and O–H groups in total. The maximum atomic E-state index is 12.9. The third kappa shape index (κ3) is 3.48. The van der Waals surface area contributed by atoms with Gasteiger partial charge in [-0.05, 0) is 41.8 Å². The van der Waals surface area contributed by atoms with E-state index in [1.807, 2.05) is 25.2 Å². The first-order valence-corrected chi connectivity index (χ1v) is 6.74. The summed E-state index contributed by atoms with van der Waals surface area (Å²) >= 11 is 5.83. The van der Waals surface area contributed by atoms with E-state index in [1.165, 1.54) is 17.7 Å². The predicted molar refractivity (Wildman–Crippen MR) is 79.2 cm³/mol. The van der Waals surface area contributed by atoms with Crippen LogP contribution in [0.5, 0.6) is 0 Å². The second-order valence-electron chi connectivity index (χ2n) is 4.74. The molecule has 3 heteroatoms. The van der Waals surface area contributed by atoms with E-state index in [4.69, 9.17) is 11.6 Å². The van der Waals surface area contributed by atoms with E-state index in [0.717, 1.165) is 23.4 Å². The Morgan fingerprint density at radius 3 is 2.26 bits per heavy atom. The molecule has 0 spiro atoms. The van der Waals surface area contributed by atoms with Crippen molar-refractivity contribution in [2.24, 2.45) is 0 Å². The van der Waals surface area contributed by atoms with Crippen molar-refractivity contribution < 1.29 is 4.39 Å². The van der Waals surface area contributed by atoms with Gasteiger partial charge < -0.3 is 4.90 Å². The molecule has 0 saturated carbocycles. The second-order valence-corrected chi connectivity index (χ2v) is 5.00. The zero-order chi connectivity index (χ0) is 13.8. The molecule has 2 rings (SSSR count). The van der Waals surface area contributed by atoms with Crippen LogP contribution in [0.1, 0.15) is 16.7 Å². The summed E-state index contributed by atoms with van der Waals surface area (Å²) in [5, 5.41) is 0. The molecular weight excluding hydrogens is 261 g/mol. The highest BCUT2D eigenvalue weighted by Gasteiger charge is 2.06. The van der Waals surface area contributed by atoms with Crippen molar-refractivity contribution in [1.82, 2.24) is 0 Å². The van der Waals surface area contributed by atoms with Crippen LogP contribution >= 0.6 is 11.6 Å². The standard InChI is InChI=1S/C16H17ClFN/c1-12-9-14(10-17)5-8-16(12)19(2)11-13-3-6-15(18)7-4-13/h3-9H,10-11H2,1-2H3. The van der Waals surface area contributed by atoms with Gasteiger partial charge in [-0.1, -0.05) is 24.3 Å². The molecule has 2 aromatic carbocycles. The van der Waals surface area contributed by atoms with Crippen molar-refractivity contribution >= 4 is 17.3 Å². The summed E-state index contributed by atoms with van der Waals surface area (Å²) < 4.78 is 12.9. The molecule has 0 aliphatic rings. The number of benzene rings is 2. The van der Waals surface area contributed by atoms with Crippen LogP contribution in [0.2, 0.25) is 0 Å². The van der Waals surface area contributed by atoms with Gasteiger partial charge in [-0.3, -0.25) is 0 Å². The third-order valence-corrected chi connectivity index (χ3v) is 3.47. The molecule has 0 amide bonds. The summed E-state index contributed by atoms with van der Waals surface area (Å²) in [7, 11) is 2.03. The van der Waals surface area contributed by atoms with Gasteiger partial charge in [0.25, 0.3) is 0 Å². The summed E-state index contributed by atoms with van der Waals surface area (Å²) in [5.41, 5.74) is 4.57. The van der Waals surface area contributed by atoms with Gasteiger partial charge in [-0.2, -0.15) is 0 Å². The van der Waals surface area contributed by atoms with Crippen LogP contribution in [0.3, 0.4) is 0 Å². The highest BCUT2D eigenvalue weighted by molar-refractivity contribution is 6.17. The highest BCUT2D eigenvalue weighted by atomic mass is 35.5. The zero-order valence-corrected chi connectivity index (χ0v) is 11.9. The molecular formula is C16H17ClFN. The van der Waals surface area contributed by atoms with E-state index >= 15 is 0 Å². The van der Waals surface area contributed by atoms with Gasteiger partial charge in [-0.25, -0.2) is 4.39 Å². The maximum Gasteiger partial charge on any atom is 0.123 e. The summed E-state index contributed by atoms with van der Waals surface area (Å²) in [6.45, 7) is 2.83. The van der Waals surface area contributed by atoms with Crippen molar-refractivity contribution in [2.45, 2.75) is 19.3 Å². The number of hydrogen-bond acceptors (Lipinski definition) is 1. The molecule has 0 heterocycles. The molecule has 0 aromatic heterocycles. The average Bonchev–Trinajstić information content (AvgIpc) is 2.41. The summed E-state index contributed by atoms with van der Waals surface area (Å²) in [5.74, 6) is 0.331. The van der Waals surface area contributed by atoms with Crippen LogP contribution in [0.15, 0.2) is 42.5 Å². The molecule has 0 bridgehead atoms. The van der Waals surface area contributed by atoms with Gasteiger partial charge in [-0.15, -0.1) is 11.6 Å². The Kier molecular flexibility index (Phi) is 4.43. The SMILES string of the molecule is Cc1cc(CCl)ccc1N(C)Cc1ccc(F)cc1. The van der Waals surface area contributed by atoms with Crippen molar-refractivity contribution in [3.63, 3.8) is 0 Å². The first-order valence-electron chi connectivity index (χ1n) is 6.21. The number of rotatable bonds is 4. The van der Waals surface area contributed by atoms with Crippen molar-refractivity contribution in [1.29, 1.82) is 0 Å². The van der Waals surface area contributed by atoms with Gasteiger partial charge in [0.05, 0.1) is 0 Å². The fourth-order valence-corrected chi connectivity index (χ4v) is 2.34. The number of nitrogens with zero attached hydrogens (tertiary/aromatic N) is 1. The average molecular weight is 278 g/mol. The predicted octanol–water partition coefficient (Wildman–Crippen LogP) is 4.51. The molecule has 100 valence electrons. The Hall–Kier alpha value is -1.54. The Morgan fingerprint density at radius 1 is 1.05 bits per heavy atom. The number of halogens is 2. The third-order valence-electron chi connectivity index (χ3n) is 3.16. The molecule has 19 heavy (non-hydrogen) atoms. The lowest BCUT2D eigenvalue weighted by Gasteiger charge is -2.22. The fourth-order valence-electron chi connectivity index (χ4n) is 2.18. The second kappa shape index (κ2) is 6.07. The lowest BCUT2D eigenvalue weighted by atomic mass is 10.1. The number of hydrogen-bond donors (Lipinski definition) is 0. The molecule has 0 aliphatic carbocycles. The highest BCUT2D eigenvalue weighted by Crippen LogP contribution is 2.22. The van der Waals surface area contributed by atoms with Gasteiger partial charge >= 0.3 is 0 Å². The quantitative estimate of drug-likeness (QED) is 0.743. The smallest absolute Gasteiger partial charge is 0.123 e. The minimum atomic E-state index is -0.200. The van der Waals surface area contributed by atoms with Crippen LogP contribution in [-0.4, -0.2) is 7.05 Å². The lowest BCUT2D eigenvalue weighted by molar-refractivity contribution is 0.627. The first kappa shape index (κ1) is 13.9. The Morgan fingerprint density at radius 2 is 1.68 bits per heavy atom. The van der Waals surface area contributed by atoms with E-state index in [2.05, 4.69) is 24.0 Å². The van der Waals surface area contributed by atoms with E-state index in [9.17, 15) is 4.39 Å². The fraction of sp³-hybridized carbons (Fsp3) is 0.250. The molecule has 1 nitrogen and oxygen atoms in total. The topological polar surface area (TPSA) is 3.24 Å². The Labute approximate surface area is 118 Å². The molecule has 0 saturated heterocycles. The van der Waals surface area contributed by atoms with Crippen LogP contribution in [0, 0.1) is 12.7 Å². The molecule has 2 aromatic rings. The summed E-state index contributed by atoms with van der Waals surface area (Å²) in [6, 6.07) is 12.8. The largest absolute Gasteiger partial charge is 0.370 e. The van der Waals surface area contributed by atoms with Crippen LogP contribution in [0.25, 0.3) is 0 Å². The van der Waals surface area contributed by atoms with Gasteiger partial charge in [0.2, 0.25) is 0 Å². The number of alkyl halides is 1. The minimum Gasteiger partial charge on any atom is -0.370 e. The molecule has 0 aliphatic heterocycles. The minimum absolute atomic E-state index is 0.200. The van der Waals surface area contributed by atoms with Crippen LogP contribution in [0.4, 0.5) is 10.1 Å². The van der Waals surface area contributed by atoms with Crippen LogP contribution in [-0.2, 0) is 12.4 Å². The van der Waals surface area contributed by atoms with E-state index in [-0.39, 0.29) is 5.82 Å². The number of anilines is 1. The van der Waals surface area contributed by atoms with Crippen LogP contribution < -0.4 is 4.90 Å². The van der Waals surface area contributed by atoms with Gasteiger partial charge in [0, 0.05) is 25.2 Å². The van der Waals surface area contributed by atoms with Gasteiger partial charge in [0.1, 0.15) is 5.82 Å². The zero-order valence-electron chi connectivity index (χ0n) is 11.2.